The lowest BCUT2D eigenvalue weighted by molar-refractivity contribution is -0.758. The van der Waals surface area contributed by atoms with E-state index >= 15 is 0 Å². The molecule has 0 saturated heterocycles. The molecule has 0 aliphatic rings. The molecule has 0 spiro atoms. The van der Waals surface area contributed by atoms with Gasteiger partial charge in [-0.15, -0.1) is 0 Å². The van der Waals surface area contributed by atoms with E-state index in [1.165, 1.54) is 28.1 Å². The molecule has 4 nitrogen and oxygen atoms in total. The summed E-state index contributed by atoms with van der Waals surface area (Å²) < 4.78 is 0. The number of aromatic nitrogens is 1. The van der Waals surface area contributed by atoms with Crippen LogP contribution in [-0.4, -0.2) is 15.8 Å². The van der Waals surface area contributed by atoms with Crippen molar-refractivity contribution in [2.45, 2.75) is 20.5 Å². The summed E-state index contributed by atoms with van der Waals surface area (Å²) in [7, 11) is 0. The van der Waals surface area contributed by atoms with Crippen LogP contribution < -0.4 is 17.6 Å². The van der Waals surface area contributed by atoms with Gasteiger partial charge in [0.15, 0.2) is 6.61 Å². The number of aryl methyl sites for hydroxylation is 1. The maximum absolute atomic E-state index is 9.27. The Bertz CT molecular complexity index is 861. The zero-order valence-corrected chi connectivity index (χ0v) is 14.3. The standard InChI is InChI=1S/C19H18N2O2.ClH/c1-13-7-8-15-5-3-4-6-17(15)18(13)12-23-21-14(2)19-10-9-16(22)11-20-19;/h3-11,22H,12H2,1-2H3;1H. The number of hydrogen-bond acceptors (Lipinski definition) is 3. The average molecular weight is 343 g/mol. The van der Waals surface area contributed by atoms with E-state index in [1.807, 2.05) is 19.1 Å². The summed E-state index contributed by atoms with van der Waals surface area (Å²) in [5.74, 6) is 0.147. The molecule has 1 heterocycles. The van der Waals surface area contributed by atoms with E-state index in [1.54, 1.807) is 12.1 Å². The second kappa shape index (κ2) is 7.79. The van der Waals surface area contributed by atoms with E-state index in [0.29, 0.717) is 6.61 Å². The molecule has 0 fully saturated rings. The Labute approximate surface area is 147 Å². The predicted octanol–water partition coefficient (Wildman–Crippen LogP) is -0.726. The Balaban J connectivity index is 0.00000208. The number of nitrogens with one attached hydrogen (secondary N) is 1. The molecule has 0 unspecified atom stereocenters. The molecule has 0 radical (unpaired) electrons. The van der Waals surface area contributed by atoms with Crippen molar-refractivity contribution in [1.82, 2.24) is 4.98 Å². The van der Waals surface area contributed by atoms with Gasteiger partial charge >= 0.3 is 0 Å². The number of nitrogens with zero attached hydrogens (tertiary/aromatic N) is 1. The number of hydrogen-bond donors (Lipinski definition) is 2. The van der Waals surface area contributed by atoms with Gasteiger partial charge in [0.25, 0.3) is 0 Å². The van der Waals surface area contributed by atoms with Crippen molar-refractivity contribution in [1.29, 1.82) is 0 Å². The SMILES string of the molecule is CC(=[NH+]OCc1c(C)ccc2ccccc12)c1ccc(O)cn1.[Cl-]. The van der Waals surface area contributed by atoms with Crippen molar-refractivity contribution in [2.75, 3.05) is 0 Å². The van der Waals surface area contributed by atoms with Crippen molar-refractivity contribution < 1.29 is 27.5 Å². The fraction of sp³-hybridized carbons (Fsp3) is 0.158. The number of fused-ring (bicyclic) bond motifs is 1. The summed E-state index contributed by atoms with van der Waals surface area (Å²) in [6, 6.07) is 15.9. The van der Waals surface area contributed by atoms with Gasteiger partial charge in [-0.3, -0.25) is 4.84 Å². The molecule has 0 atom stereocenters. The zero-order valence-electron chi connectivity index (χ0n) is 13.6. The van der Waals surface area contributed by atoms with E-state index in [2.05, 4.69) is 41.3 Å². The Morgan fingerprint density at radius 2 is 1.92 bits per heavy atom. The minimum atomic E-state index is 0. The van der Waals surface area contributed by atoms with Gasteiger partial charge in [-0.05, 0) is 40.5 Å². The van der Waals surface area contributed by atoms with Gasteiger partial charge in [-0.2, -0.15) is 0 Å². The Morgan fingerprint density at radius 1 is 1.12 bits per heavy atom. The smallest absolute Gasteiger partial charge is 0.247 e. The van der Waals surface area contributed by atoms with E-state index in [4.69, 9.17) is 4.84 Å². The number of rotatable bonds is 4. The van der Waals surface area contributed by atoms with Crippen molar-refractivity contribution in [2.24, 2.45) is 0 Å². The monoisotopic (exact) mass is 342 g/mol. The first-order valence-electron chi connectivity index (χ1n) is 7.49. The first-order valence-corrected chi connectivity index (χ1v) is 7.49. The highest BCUT2D eigenvalue weighted by Gasteiger charge is 2.09. The highest BCUT2D eigenvalue weighted by molar-refractivity contribution is 5.92. The lowest BCUT2D eigenvalue weighted by Gasteiger charge is -2.07. The van der Waals surface area contributed by atoms with Crippen LogP contribution in [0.4, 0.5) is 0 Å². The number of halogens is 1. The molecule has 0 bridgehead atoms. The van der Waals surface area contributed by atoms with Gasteiger partial charge in [0, 0.05) is 12.5 Å². The third kappa shape index (κ3) is 3.84. The van der Waals surface area contributed by atoms with Crippen LogP contribution >= 0.6 is 0 Å². The quantitative estimate of drug-likeness (QED) is 0.486. The second-order valence-electron chi connectivity index (χ2n) is 5.50. The van der Waals surface area contributed by atoms with E-state index in [9.17, 15) is 5.11 Å². The molecule has 3 aromatic rings. The van der Waals surface area contributed by atoms with Crippen molar-refractivity contribution in [3.05, 3.63) is 71.5 Å². The third-order valence-corrected chi connectivity index (χ3v) is 3.85. The highest BCUT2D eigenvalue weighted by atomic mass is 35.5. The van der Waals surface area contributed by atoms with Crippen LogP contribution in [0.3, 0.4) is 0 Å². The van der Waals surface area contributed by atoms with Gasteiger partial charge in [-0.1, -0.05) is 36.4 Å². The number of aromatic hydroxyl groups is 1. The Kier molecular flexibility index (Phi) is 5.77. The van der Waals surface area contributed by atoms with Crippen molar-refractivity contribution in [3.8, 4) is 5.75 Å². The molecule has 24 heavy (non-hydrogen) atoms. The van der Waals surface area contributed by atoms with Crippen LogP contribution in [0.25, 0.3) is 10.8 Å². The normalized spacial score (nSPS) is 11.2. The third-order valence-electron chi connectivity index (χ3n) is 3.85. The van der Waals surface area contributed by atoms with Crippen LogP contribution in [0.15, 0.2) is 54.7 Å². The van der Waals surface area contributed by atoms with Gasteiger partial charge in [0.05, 0.1) is 6.20 Å². The van der Waals surface area contributed by atoms with E-state index < -0.39 is 0 Å². The van der Waals surface area contributed by atoms with Crippen LogP contribution in [0.2, 0.25) is 0 Å². The minimum Gasteiger partial charge on any atom is -1.00 e. The lowest BCUT2D eigenvalue weighted by Crippen LogP contribution is -3.00. The average Bonchev–Trinajstić information content (AvgIpc) is 2.57. The Morgan fingerprint density at radius 3 is 2.67 bits per heavy atom. The predicted molar refractivity (Wildman–Crippen MR) is 90.1 cm³/mol. The summed E-state index contributed by atoms with van der Waals surface area (Å²) >= 11 is 0. The molecule has 0 aliphatic heterocycles. The number of pyridine rings is 1. The summed E-state index contributed by atoms with van der Waals surface area (Å²) in [5.41, 5.74) is 3.90. The van der Waals surface area contributed by atoms with E-state index in [0.717, 1.165) is 11.4 Å². The fourth-order valence-corrected chi connectivity index (χ4v) is 2.51. The maximum atomic E-state index is 9.27. The second-order valence-corrected chi connectivity index (χ2v) is 5.50. The molecular weight excluding hydrogens is 324 g/mol. The molecule has 0 aliphatic carbocycles. The maximum Gasteiger partial charge on any atom is 0.247 e. The summed E-state index contributed by atoms with van der Waals surface area (Å²) in [5, 5.41) is 14.6. The minimum absolute atomic E-state index is 0. The fourth-order valence-electron chi connectivity index (χ4n) is 2.51. The molecule has 1 aromatic heterocycles. The van der Waals surface area contributed by atoms with Gasteiger partial charge in [-0.25, -0.2) is 4.98 Å². The molecule has 2 N–H and O–H groups in total. The van der Waals surface area contributed by atoms with Gasteiger partial charge in [0.2, 0.25) is 5.71 Å². The van der Waals surface area contributed by atoms with Crippen molar-refractivity contribution in [3.63, 3.8) is 0 Å². The lowest BCUT2D eigenvalue weighted by atomic mass is 10.0. The summed E-state index contributed by atoms with van der Waals surface area (Å²) in [4.78, 5) is 9.81. The molecule has 0 saturated carbocycles. The first kappa shape index (κ1) is 17.8. The molecule has 0 amide bonds. The zero-order chi connectivity index (χ0) is 16.2. The summed E-state index contributed by atoms with van der Waals surface area (Å²) in [6.45, 7) is 4.43. The topological polar surface area (TPSA) is 56.3 Å². The molecule has 124 valence electrons. The molecule has 2 aromatic carbocycles. The van der Waals surface area contributed by atoms with Crippen LogP contribution in [0.5, 0.6) is 5.75 Å². The van der Waals surface area contributed by atoms with Gasteiger partial charge < -0.3 is 17.5 Å². The largest absolute Gasteiger partial charge is 1.00 e. The van der Waals surface area contributed by atoms with Crippen LogP contribution in [-0.2, 0) is 11.4 Å². The van der Waals surface area contributed by atoms with Gasteiger partial charge in [0.1, 0.15) is 11.4 Å². The molecule has 5 heteroatoms. The summed E-state index contributed by atoms with van der Waals surface area (Å²) in [6.07, 6.45) is 1.41. The van der Waals surface area contributed by atoms with Crippen LogP contribution in [0, 0.1) is 6.92 Å². The van der Waals surface area contributed by atoms with E-state index in [-0.39, 0.29) is 18.2 Å². The van der Waals surface area contributed by atoms with Crippen LogP contribution in [0.1, 0.15) is 23.7 Å². The molecular formula is C19H19ClN2O2. The molecule has 3 rings (SSSR count). The van der Waals surface area contributed by atoms with Crippen molar-refractivity contribution >= 4 is 16.5 Å². The Hall–Kier alpha value is -2.59. The first-order chi connectivity index (χ1) is 11.1. The number of benzene rings is 2. The highest BCUT2D eigenvalue weighted by Crippen LogP contribution is 2.22.